The zero-order valence-electron chi connectivity index (χ0n) is 9.05. The lowest BCUT2D eigenvalue weighted by Gasteiger charge is -2.06. The van der Waals surface area contributed by atoms with Gasteiger partial charge in [-0.2, -0.15) is 0 Å². The maximum absolute atomic E-state index is 11.5. The van der Waals surface area contributed by atoms with Crippen LogP contribution in [0.4, 0.5) is 0 Å². The van der Waals surface area contributed by atoms with E-state index in [1.54, 1.807) is 19.3 Å². The van der Waals surface area contributed by atoms with Crippen LogP contribution >= 0.6 is 0 Å². The second-order valence-corrected chi connectivity index (χ2v) is 6.02. The maximum Gasteiger partial charge on any atom is 0.152 e. The lowest BCUT2D eigenvalue weighted by atomic mass is 10.4. The molecule has 0 bridgehead atoms. The van der Waals surface area contributed by atoms with Gasteiger partial charge in [-0.05, 0) is 6.92 Å². The van der Waals surface area contributed by atoms with Gasteiger partial charge in [0.1, 0.15) is 5.82 Å². The molecule has 0 aliphatic carbocycles. The van der Waals surface area contributed by atoms with Gasteiger partial charge in [0.15, 0.2) is 9.84 Å². The molecule has 2 N–H and O–H groups in total. The number of nitrogens with zero attached hydrogens (tertiary/aromatic N) is 2. The van der Waals surface area contributed by atoms with Crippen molar-refractivity contribution in [2.45, 2.75) is 19.4 Å². The Morgan fingerprint density at radius 1 is 1.60 bits per heavy atom. The molecule has 86 valence electrons. The molecule has 6 heteroatoms. The molecule has 1 heterocycles. The summed E-state index contributed by atoms with van der Waals surface area (Å²) < 4.78 is 24.9. The smallest absolute Gasteiger partial charge is 0.152 e. The molecular weight excluding hydrogens is 214 g/mol. The summed E-state index contributed by atoms with van der Waals surface area (Å²) in [5.41, 5.74) is 5.46. The second-order valence-electron chi connectivity index (χ2n) is 3.80. The largest absolute Gasteiger partial charge is 0.338 e. The zero-order valence-corrected chi connectivity index (χ0v) is 9.87. The van der Waals surface area contributed by atoms with Gasteiger partial charge in [0.2, 0.25) is 0 Å². The van der Waals surface area contributed by atoms with Crippen LogP contribution in [0.3, 0.4) is 0 Å². The molecule has 0 spiro atoms. The first-order chi connectivity index (χ1) is 6.91. The lowest BCUT2D eigenvalue weighted by Crippen LogP contribution is -2.28. The third-order valence-corrected chi connectivity index (χ3v) is 3.93. The fourth-order valence-electron chi connectivity index (χ4n) is 1.37. The average molecular weight is 231 g/mol. The summed E-state index contributed by atoms with van der Waals surface area (Å²) >= 11 is 0. The van der Waals surface area contributed by atoms with E-state index in [-0.39, 0.29) is 17.5 Å². The van der Waals surface area contributed by atoms with E-state index in [4.69, 9.17) is 5.73 Å². The molecule has 0 aromatic carbocycles. The van der Waals surface area contributed by atoms with Crippen LogP contribution in [-0.2, 0) is 23.3 Å². The first-order valence-electron chi connectivity index (χ1n) is 4.83. The van der Waals surface area contributed by atoms with Gasteiger partial charge in [0.25, 0.3) is 0 Å². The quantitative estimate of drug-likeness (QED) is 0.756. The Hall–Kier alpha value is -0.880. The lowest BCUT2D eigenvalue weighted by molar-refractivity contribution is 0.588. The number of nitrogens with two attached hydrogens (primary N) is 1. The molecule has 0 aliphatic rings. The number of aryl methyl sites for hydroxylation is 2. The van der Waals surface area contributed by atoms with Crippen molar-refractivity contribution in [3.63, 3.8) is 0 Å². The number of aromatic nitrogens is 2. The molecule has 1 unspecified atom stereocenters. The molecule has 1 rings (SSSR count). The number of sulfone groups is 1. The molecule has 1 aromatic rings. The van der Waals surface area contributed by atoms with Crippen molar-refractivity contribution in [1.29, 1.82) is 0 Å². The van der Waals surface area contributed by atoms with Crippen LogP contribution < -0.4 is 5.73 Å². The molecule has 0 radical (unpaired) electrons. The first kappa shape index (κ1) is 12.2. The third-order valence-electron chi connectivity index (χ3n) is 2.07. The molecular formula is C9H17N3O2S. The van der Waals surface area contributed by atoms with Gasteiger partial charge >= 0.3 is 0 Å². The van der Waals surface area contributed by atoms with E-state index in [1.165, 1.54) is 0 Å². The highest BCUT2D eigenvalue weighted by Crippen LogP contribution is 2.00. The zero-order chi connectivity index (χ0) is 11.5. The van der Waals surface area contributed by atoms with Crippen molar-refractivity contribution in [3.05, 3.63) is 18.2 Å². The number of hydrogen-bond donors (Lipinski definition) is 1. The topological polar surface area (TPSA) is 78.0 Å². The summed E-state index contributed by atoms with van der Waals surface area (Å²) in [5.74, 6) is 0.930. The minimum Gasteiger partial charge on any atom is -0.338 e. The molecule has 0 saturated carbocycles. The summed E-state index contributed by atoms with van der Waals surface area (Å²) in [6, 6.07) is -0.309. The van der Waals surface area contributed by atoms with E-state index in [0.29, 0.717) is 6.42 Å². The Labute approximate surface area is 90.2 Å². The van der Waals surface area contributed by atoms with Crippen molar-refractivity contribution in [2.75, 3.05) is 11.5 Å². The highest BCUT2D eigenvalue weighted by Gasteiger charge is 2.14. The monoisotopic (exact) mass is 231 g/mol. The van der Waals surface area contributed by atoms with E-state index in [0.717, 1.165) is 5.82 Å². The summed E-state index contributed by atoms with van der Waals surface area (Å²) in [6.07, 6.45) is 3.90. The van der Waals surface area contributed by atoms with E-state index in [1.807, 2.05) is 11.6 Å². The highest BCUT2D eigenvalue weighted by molar-refractivity contribution is 7.91. The Balaban J connectivity index is 2.54. The van der Waals surface area contributed by atoms with E-state index >= 15 is 0 Å². The Kier molecular flexibility index (Phi) is 3.87. The summed E-state index contributed by atoms with van der Waals surface area (Å²) in [4.78, 5) is 4.07. The fraction of sp³-hybridized carbons (Fsp3) is 0.667. The van der Waals surface area contributed by atoms with Gasteiger partial charge in [-0.25, -0.2) is 13.4 Å². The van der Waals surface area contributed by atoms with Crippen LogP contribution in [0, 0.1) is 0 Å². The van der Waals surface area contributed by atoms with Crippen molar-refractivity contribution in [2.24, 2.45) is 12.8 Å². The summed E-state index contributed by atoms with van der Waals surface area (Å²) in [6.45, 7) is 1.69. The fourth-order valence-corrected chi connectivity index (χ4v) is 2.83. The Morgan fingerprint density at radius 3 is 2.73 bits per heavy atom. The normalized spacial score (nSPS) is 14.1. The number of rotatable bonds is 5. The number of hydrogen-bond acceptors (Lipinski definition) is 4. The molecule has 1 aromatic heterocycles. The minimum absolute atomic E-state index is 0.0391. The molecule has 1 atom stereocenters. The SMILES string of the molecule is CC(N)CS(=O)(=O)CCc1nccn1C. The van der Waals surface area contributed by atoms with Gasteiger partial charge in [0, 0.05) is 31.9 Å². The molecule has 0 saturated heterocycles. The van der Waals surface area contributed by atoms with Crippen molar-refractivity contribution < 1.29 is 8.42 Å². The predicted octanol–water partition coefficient (Wildman–Crippen LogP) is -0.275. The molecule has 5 nitrogen and oxygen atoms in total. The first-order valence-corrected chi connectivity index (χ1v) is 6.65. The summed E-state index contributed by atoms with van der Waals surface area (Å²) in [5, 5.41) is 0. The van der Waals surface area contributed by atoms with Crippen molar-refractivity contribution in [1.82, 2.24) is 9.55 Å². The predicted molar refractivity (Wildman–Crippen MR) is 59.2 cm³/mol. The van der Waals surface area contributed by atoms with Crippen LogP contribution in [-0.4, -0.2) is 35.5 Å². The van der Waals surface area contributed by atoms with Crippen LogP contribution in [0.1, 0.15) is 12.7 Å². The molecule has 15 heavy (non-hydrogen) atoms. The molecule has 0 amide bonds. The number of imidazole rings is 1. The second kappa shape index (κ2) is 4.76. The van der Waals surface area contributed by atoms with Crippen LogP contribution in [0.15, 0.2) is 12.4 Å². The Bertz CT molecular complexity index is 409. The average Bonchev–Trinajstić information content (AvgIpc) is 2.45. The third kappa shape index (κ3) is 4.01. The highest BCUT2D eigenvalue weighted by atomic mass is 32.2. The standard InChI is InChI=1S/C9H17N3O2S/c1-8(10)7-15(13,14)6-3-9-11-4-5-12(9)2/h4-5,8H,3,6-7,10H2,1-2H3. The minimum atomic E-state index is -3.05. The maximum atomic E-state index is 11.5. The van der Waals surface area contributed by atoms with Gasteiger partial charge < -0.3 is 10.3 Å². The van der Waals surface area contributed by atoms with E-state index in [9.17, 15) is 8.42 Å². The van der Waals surface area contributed by atoms with Gasteiger partial charge in [-0.15, -0.1) is 0 Å². The van der Waals surface area contributed by atoms with E-state index < -0.39 is 9.84 Å². The van der Waals surface area contributed by atoms with Gasteiger partial charge in [-0.3, -0.25) is 0 Å². The molecule has 0 aliphatic heterocycles. The summed E-state index contributed by atoms with van der Waals surface area (Å²) in [7, 11) is -1.20. The van der Waals surface area contributed by atoms with Gasteiger partial charge in [0.05, 0.1) is 11.5 Å². The van der Waals surface area contributed by atoms with Crippen molar-refractivity contribution >= 4 is 9.84 Å². The van der Waals surface area contributed by atoms with Crippen molar-refractivity contribution in [3.8, 4) is 0 Å². The van der Waals surface area contributed by atoms with Crippen LogP contribution in [0.5, 0.6) is 0 Å². The van der Waals surface area contributed by atoms with Crippen LogP contribution in [0.2, 0.25) is 0 Å². The van der Waals surface area contributed by atoms with Gasteiger partial charge in [-0.1, -0.05) is 0 Å². The van der Waals surface area contributed by atoms with E-state index in [2.05, 4.69) is 4.98 Å². The van der Waals surface area contributed by atoms with Crippen LogP contribution in [0.25, 0.3) is 0 Å². The molecule has 0 fully saturated rings. The Morgan fingerprint density at radius 2 is 2.27 bits per heavy atom.